The molecule has 0 saturated carbocycles. The zero-order chi connectivity index (χ0) is 15.0. The Morgan fingerprint density at radius 1 is 0.947 bits per heavy atom. The van der Waals surface area contributed by atoms with Crippen molar-refractivity contribution < 1.29 is 0 Å². The Morgan fingerprint density at radius 3 is 1.58 bits per heavy atom. The van der Waals surface area contributed by atoms with Crippen molar-refractivity contribution in [2.45, 2.75) is 62.3 Å². The van der Waals surface area contributed by atoms with Crippen LogP contribution in [0.3, 0.4) is 0 Å². The first-order valence-electron chi connectivity index (χ1n) is 7.13. The minimum absolute atomic E-state index is 0. The molecule has 0 amide bonds. The van der Waals surface area contributed by atoms with E-state index in [2.05, 4.69) is 36.2 Å². The van der Waals surface area contributed by atoms with Crippen LogP contribution >= 0.6 is 0 Å². The first-order valence-corrected chi connectivity index (χ1v) is 7.13. The van der Waals surface area contributed by atoms with E-state index in [1.807, 2.05) is 55.5 Å². The molecule has 0 aliphatic heterocycles. The van der Waals surface area contributed by atoms with Gasteiger partial charge in [-0.15, -0.1) is 0 Å². The predicted molar refractivity (Wildman–Crippen MR) is 95.3 cm³/mol. The van der Waals surface area contributed by atoms with E-state index < -0.39 is 0 Å². The molecule has 0 aliphatic rings. The van der Waals surface area contributed by atoms with E-state index in [9.17, 15) is 0 Å². The van der Waals surface area contributed by atoms with E-state index >= 15 is 0 Å². The lowest BCUT2D eigenvalue weighted by atomic mass is 10.1. The maximum Gasteiger partial charge on any atom is 0.0337 e. The van der Waals surface area contributed by atoms with Crippen molar-refractivity contribution in [3.63, 3.8) is 0 Å². The van der Waals surface area contributed by atoms with Crippen molar-refractivity contribution in [2.75, 3.05) is 12.4 Å². The second-order valence-corrected chi connectivity index (χ2v) is 3.08. The molecule has 0 saturated heterocycles. The van der Waals surface area contributed by atoms with Crippen molar-refractivity contribution >= 4 is 5.69 Å². The summed E-state index contributed by atoms with van der Waals surface area (Å²) in [6.45, 7) is 17.9. The number of anilines is 1. The molecule has 0 bridgehead atoms. The zero-order valence-corrected chi connectivity index (χ0v) is 13.7. The molecule has 0 fully saturated rings. The van der Waals surface area contributed by atoms with Crippen LogP contribution in [0.5, 0.6) is 0 Å². The van der Waals surface area contributed by atoms with Crippen LogP contribution in [0.4, 0.5) is 5.69 Å². The lowest BCUT2D eigenvalue weighted by Gasteiger charge is -2.02. The van der Waals surface area contributed by atoms with Crippen molar-refractivity contribution in [3.05, 3.63) is 42.0 Å². The van der Waals surface area contributed by atoms with Gasteiger partial charge in [-0.25, -0.2) is 0 Å². The van der Waals surface area contributed by atoms with Crippen LogP contribution < -0.4 is 5.32 Å². The summed E-state index contributed by atoms with van der Waals surface area (Å²) in [7, 11) is 1.92. The van der Waals surface area contributed by atoms with Crippen molar-refractivity contribution in [1.29, 1.82) is 0 Å². The van der Waals surface area contributed by atoms with Crippen LogP contribution in [0.1, 0.15) is 61.5 Å². The first-order chi connectivity index (χ1) is 8.72. The van der Waals surface area contributed by atoms with Gasteiger partial charge in [0.1, 0.15) is 0 Å². The fraction of sp³-hybridized carbons (Fsp3) is 0.556. The van der Waals surface area contributed by atoms with Gasteiger partial charge in [-0.05, 0) is 31.0 Å². The topological polar surface area (TPSA) is 12.0 Å². The molecule has 1 nitrogen and oxygen atoms in total. The average Bonchev–Trinajstić information content (AvgIpc) is 2.46. The molecule has 19 heavy (non-hydrogen) atoms. The minimum Gasteiger partial charge on any atom is -0.388 e. The summed E-state index contributed by atoms with van der Waals surface area (Å²) in [5, 5.41) is 3.09. The van der Waals surface area contributed by atoms with E-state index in [1.54, 1.807) is 0 Å². The molecule has 0 spiro atoms. The lowest BCUT2D eigenvalue weighted by Crippen LogP contribution is -1.89. The number of benzene rings is 1. The van der Waals surface area contributed by atoms with Crippen molar-refractivity contribution in [1.82, 2.24) is 0 Å². The summed E-state index contributed by atoms with van der Waals surface area (Å²) in [5.41, 5.74) is 3.68. The lowest BCUT2D eigenvalue weighted by molar-refractivity contribution is 1.15. The molecule has 0 aliphatic carbocycles. The Hall–Kier alpha value is -1.24. The molecule has 0 atom stereocenters. The van der Waals surface area contributed by atoms with Gasteiger partial charge < -0.3 is 5.32 Å². The molecule has 1 aromatic carbocycles. The van der Waals surface area contributed by atoms with E-state index in [4.69, 9.17) is 0 Å². The summed E-state index contributed by atoms with van der Waals surface area (Å²) >= 11 is 0. The summed E-state index contributed by atoms with van der Waals surface area (Å²) in [6, 6.07) is 8.41. The van der Waals surface area contributed by atoms with E-state index in [0.717, 1.165) is 12.1 Å². The minimum atomic E-state index is 0. The van der Waals surface area contributed by atoms with Gasteiger partial charge in [-0.2, -0.15) is 0 Å². The van der Waals surface area contributed by atoms with E-state index in [-0.39, 0.29) is 7.43 Å². The van der Waals surface area contributed by atoms with Crippen molar-refractivity contribution in [2.24, 2.45) is 0 Å². The van der Waals surface area contributed by atoms with Gasteiger partial charge in [0.15, 0.2) is 0 Å². The van der Waals surface area contributed by atoms with Gasteiger partial charge in [0.2, 0.25) is 0 Å². The van der Waals surface area contributed by atoms with Crippen LogP contribution in [0.25, 0.3) is 0 Å². The van der Waals surface area contributed by atoms with Gasteiger partial charge in [0, 0.05) is 12.7 Å². The third-order valence-electron chi connectivity index (χ3n) is 1.75. The third kappa shape index (κ3) is 16.8. The fourth-order valence-corrected chi connectivity index (χ4v) is 1.14. The largest absolute Gasteiger partial charge is 0.388 e. The van der Waals surface area contributed by atoms with Crippen LogP contribution in [-0.4, -0.2) is 7.05 Å². The Bertz CT molecular complexity index is 260. The first kappa shape index (κ1) is 26.3. The highest BCUT2D eigenvalue weighted by Gasteiger charge is 1.92. The number of allylic oxidation sites excluding steroid dienone is 1. The average molecular weight is 268 g/mol. The second-order valence-electron chi connectivity index (χ2n) is 3.08. The molecule has 114 valence electrons. The molecule has 0 heterocycles. The van der Waals surface area contributed by atoms with Crippen LogP contribution in [-0.2, 0) is 6.42 Å². The summed E-state index contributed by atoms with van der Waals surface area (Å²) in [4.78, 5) is 0. The normalized spacial score (nSPS) is 6.95. The van der Waals surface area contributed by atoms with Crippen LogP contribution in [0.15, 0.2) is 36.4 Å². The Labute approximate surface area is 123 Å². The standard InChI is InChI=1S/C11H15N.3C2H6.CH4/c1-9(2)8-10-4-6-11(12-3)7-5-10;3*1-2;/h4-7,12H,1,8H2,2-3H3;3*1-2H3;1H4. The Kier molecular flexibility index (Phi) is 30.5. The maximum absolute atomic E-state index is 3.88. The van der Waals surface area contributed by atoms with Gasteiger partial charge in [0.25, 0.3) is 0 Å². The Balaban J connectivity index is -0.000000142. The monoisotopic (exact) mass is 267 g/mol. The molecule has 0 radical (unpaired) electrons. The molecular formula is C18H37N. The molecular weight excluding hydrogens is 230 g/mol. The molecule has 0 unspecified atom stereocenters. The van der Waals surface area contributed by atoms with Crippen LogP contribution in [0.2, 0.25) is 0 Å². The summed E-state index contributed by atoms with van der Waals surface area (Å²) in [5.74, 6) is 0. The number of nitrogens with one attached hydrogen (secondary N) is 1. The van der Waals surface area contributed by atoms with Crippen LogP contribution in [0, 0.1) is 0 Å². The molecule has 1 heteroatoms. The molecule has 1 N–H and O–H groups in total. The molecule has 1 rings (SSSR count). The van der Waals surface area contributed by atoms with Gasteiger partial charge in [0.05, 0.1) is 0 Å². The zero-order valence-electron chi connectivity index (χ0n) is 13.7. The summed E-state index contributed by atoms with van der Waals surface area (Å²) in [6.07, 6.45) is 0.976. The number of rotatable bonds is 3. The highest BCUT2D eigenvalue weighted by Crippen LogP contribution is 2.11. The highest BCUT2D eigenvalue weighted by molar-refractivity contribution is 5.44. The Morgan fingerprint density at radius 2 is 1.32 bits per heavy atom. The molecule has 1 aromatic rings. The van der Waals surface area contributed by atoms with Gasteiger partial charge in [-0.1, -0.05) is 73.3 Å². The highest BCUT2D eigenvalue weighted by atomic mass is 14.8. The number of hydrogen-bond donors (Lipinski definition) is 1. The van der Waals surface area contributed by atoms with E-state index in [0.29, 0.717) is 0 Å². The second kappa shape index (κ2) is 22.0. The number of hydrogen-bond acceptors (Lipinski definition) is 1. The van der Waals surface area contributed by atoms with Crippen molar-refractivity contribution in [3.8, 4) is 0 Å². The predicted octanol–water partition coefficient (Wildman–Crippen LogP) is 6.56. The quantitative estimate of drug-likeness (QED) is 0.611. The SMILES string of the molecule is C.C=C(C)Cc1ccc(NC)cc1.CC.CC.CC. The fourth-order valence-electron chi connectivity index (χ4n) is 1.14. The molecule has 0 aromatic heterocycles. The third-order valence-corrected chi connectivity index (χ3v) is 1.75. The van der Waals surface area contributed by atoms with Gasteiger partial charge >= 0.3 is 0 Å². The smallest absolute Gasteiger partial charge is 0.0337 e. The van der Waals surface area contributed by atoms with Gasteiger partial charge in [-0.3, -0.25) is 0 Å². The summed E-state index contributed by atoms with van der Waals surface area (Å²) < 4.78 is 0. The maximum atomic E-state index is 3.88. The van der Waals surface area contributed by atoms with E-state index in [1.165, 1.54) is 11.1 Å².